The monoisotopic (exact) mass is 572 g/mol. The molecule has 1 radical (unpaired) electrons. The number of anilines is 3. The van der Waals surface area contributed by atoms with Crippen LogP contribution in [0.25, 0.3) is 6.08 Å². The van der Waals surface area contributed by atoms with Gasteiger partial charge < -0.3 is 0 Å². The average molecular weight is 570 g/mol. The van der Waals surface area contributed by atoms with Gasteiger partial charge in [0.05, 0.1) is 0 Å². The Hall–Kier alpha value is -2.50. The molecule has 0 bridgehead atoms. The number of thiophene rings is 1. The quantitative estimate of drug-likeness (QED) is 0.270. The molecule has 8 heteroatoms. The summed E-state index contributed by atoms with van der Waals surface area (Å²) in [7, 11) is -0.190. The van der Waals surface area contributed by atoms with Crippen molar-refractivity contribution >= 4 is 90.2 Å². The van der Waals surface area contributed by atoms with Crippen molar-refractivity contribution in [1.82, 2.24) is 4.90 Å². The van der Waals surface area contributed by atoms with Crippen LogP contribution in [0.1, 0.15) is 4.88 Å². The fourth-order valence-corrected chi connectivity index (χ4v) is 8.73. The first kappa shape index (κ1) is 21.3. The van der Waals surface area contributed by atoms with Crippen LogP contribution in [-0.2, 0) is 9.59 Å². The van der Waals surface area contributed by atoms with Gasteiger partial charge in [-0.2, -0.15) is 0 Å². The van der Waals surface area contributed by atoms with Crippen molar-refractivity contribution in [2.45, 2.75) is 13.1 Å². The fraction of sp³-hybridized carbons (Fsp3) is 0.125. The molecule has 0 unspecified atom stereocenters. The van der Waals surface area contributed by atoms with E-state index in [9.17, 15) is 9.59 Å². The zero-order chi connectivity index (χ0) is 22.6. The van der Waals surface area contributed by atoms with Crippen molar-refractivity contribution in [3.05, 3.63) is 71.1 Å². The van der Waals surface area contributed by atoms with E-state index in [2.05, 4.69) is 77.6 Å². The van der Waals surface area contributed by atoms with Crippen LogP contribution in [0.5, 0.6) is 0 Å². The molecule has 2 aliphatic heterocycles. The van der Waals surface area contributed by atoms with Crippen molar-refractivity contribution in [3.63, 3.8) is 0 Å². The summed E-state index contributed by atoms with van der Waals surface area (Å²) in [4.78, 5) is 33.5. The second-order valence-electron chi connectivity index (χ2n) is 8.29. The molecule has 1 aromatic heterocycles. The number of likely N-dealkylation sites (N-methyl/N-ethyl adjacent to an activating group) is 1. The Bertz CT molecular complexity index is 1290. The van der Waals surface area contributed by atoms with E-state index in [0.717, 1.165) is 9.88 Å². The summed E-state index contributed by atoms with van der Waals surface area (Å²) in [5.41, 5.74) is 2.50. The Balaban J connectivity index is 1.61. The molecule has 0 N–H and O–H groups in total. The second kappa shape index (κ2) is 7.82. The number of amidine groups is 1. The normalized spacial score (nSPS) is 18.5. The number of amides is 2. The molecule has 0 aliphatic carbocycles. The van der Waals surface area contributed by atoms with Crippen LogP contribution in [0.15, 0.2) is 71.2 Å². The van der Waals surface area contributed by atoms with Crippen LogP contribution in [0.4, 0.5) is 16.4 Å². The van der Waals surface area contributed by atoms with E-state index in [1.54, 1.807) is 46.8 Å². The van der Waals surface area contributed by atoms with E-state index in [1.165, 1.54) is 26.6 Å². The van der Waals surface area contributed by atoms with Crippen LogP contribution in [-0.4, -0.2) is 58.0 Å². The molecule has 0 fully saturated rings. The molecule has 3 heterocycles. The summed E-state index contributed by atoms with van der Waals surface area (Å²) in [6.07, 6.45) is 1.66. The van der Waals surface area contributed by atoms with E-state index in [-0.39, 0.29) is 11.5 Å². The molecule has 32 heavy (non-hydrogen) atoms. The number of rotatable bonds is 2. The number of nitrogens with zero attached hydrogens (tertiary/aromatic N) is 3. The molecule has 0 atom stereocenters. The van der Waals surface area contributed by atoms with Crippen LogP contribution in [0.2, 0.25) is 13.1 Å². The van der Waals surface area contributed by atoms with Crippen LogP contribution < -0.4 is 15.3 Å². The number of hydrogen-bond donors (Lipinski definition) is 0. The van der Waals surface area contributed by atoms with E-state index < -0.39 is 14.0 Å². The van der Waals surface area contributed by atoms with E-state index >= 15 is 0 Å². The average Bonchev–Trinajstić information content (AvgIpc) is 3.24. The van der Waals surface area contributed by atoms with Gasteiger partial charge in [0.2, 0.25) is 0 Å². The number of fused-ring (bicyclic) bond motifs is 2. The molecular formula is C24H20N3O2SSiTe. The maximum absolute atomic E-state index is 12.6. The van der Waals surface area contributed by atoms with E-state index in [0.29, 0.717) is 3.88 Å². The van der Waals surface area contributed by atoms with Gasteiger partial charge in [-0.15, -0.1) is 0 Å². The maximum atomic E-state index is 12.6. The first-order valence-corrected chi connectivity index (χ1v) is 15.2. The van der Waals surface area contributed by atoms with Crippen LogP contribution in [0.3, 0.4) is 0 Å². The van der Waals surface area contributed by atoms with Gasteiger partial charge in [-0.1, -0.05) is 25.2 Å². The molecule has 3 aromatic rings. The molecule has 159 valence electrons. The Labute approximate surface area is 205 Å². The minimum absolute atomic E-state index is 0.0983. The van der Waals surface area contributed by atoms with Crippen molar-refractivity contribution in [2.24, 2.45) is 4.99 Å². The Morgan fingerprint density at radius 1 is 0.938 bits per heavy atom. The van der Waals surface area contributed by atoms with Gasteiger partial charge in [0.15, 0.2) is 0 Å². The third-order valence-electron chi connectivity index (χ3n) is 6.01. The number of carbonyl (C=O) groups excluding carboxylic acids is 2. The van der Waals surface area contributed by atoms with Gasteiger partial charge in [-0.3, -0.25) is 0 Å². The standard InChI is InChI=1S/C24H20N3O2SSiTe/c1-26-23(29)16(22(28)25-24(26)32)14-15-12-13-21(30-15)27-17-8-4-6-10-19(17)31(2,3)20-11-7-5-9-18(20)27/h4-14H,1-3H3/b16-14+. The SMILES string of the molecule is CN1C(=O)/C(=C/c2ccc(N3c4ccccc4[Si](C)(C)c4ccccc43)s2)C(=O)N=C1[Te]. The van der Waals surface area contributed by atoms with Gasteiger partial charge in [0, 0.05) is 0 Å². The molecule has 5 rings (SSSR count). The number of hydrogen-bond acceptors (Lipinski definition) is 4. The molecule has 0 saturated carbocycles. The summed E-state index contributed by atoms with van der Waals surface area (Å²) in [5.74, 6) is -0.800. The van der Waals surface area contributed by atoms with Gasteiger partial charge in [0.25, 0.3) is 0 Å². The van der Waals surface area contributed by atoms with Gasteiger partial charge in [-0.05, 0) is 0 Å². The van der Waals surface area contributed by atoms with Crippen molar-refractivity contribution in [3.8, 4) is 0 Å². The number of carbonyl (C=O) groups is 2. The molecule has 2 aliphatic rings. The third-order valence-corrected chi connectivity index (χ3v) is 11.6. The predicted octanol–water partition coefficient (Wildman–Crippen LogP) is 3.26. The molecule has 2 aromatic carbocycles. The molecule has 0 spiro atoms. The summed E-state index contributed by atoms with van der Waals surface area (Å²) in [6, 6.07) is 21.3. The Morgan fingerprint density at radius 2 is 1.53 bits per heavy atom. The number of aliphatic imine (C=N–C) groups is 1. The number of benzene rings is 2. The van der Waals surface area contributed by atoms with Crippen molar-refractivity contribution < 1.29 is 9.59 Å². The van der Waals surface area contributed by atoms with Gasteiger partial charge in [0.1, 0.15) is 0 Å². The second-order valence-corrected chi connectivity index (χ2v) is 14.8. The minimum atomic E-state index is -1.83. The van der Waals surface area contributed by atoms with Gasteiger partial charge >= 0.3 is 181 Å². The summed E-state index contributed by atoms with van der Waals surface area (Å²) in [6.45, 7) is 4.79. The fourth-order valence-electron chi connectivity index (χ4n) is 4.29. The first-order chi connectivity index (χ1) is 15.3. The van der Waals surface area contributed by atoms with Crippen molar-refractivity contribution in [1.29, 1.82) is 0 Å². The van der Waals surface area contributed by atoms with Crippen molar-refractivity contribution in [2.75, 3.05) is 11.9 Å². The molecule has 0 saturated heterocycles. The summed E-state index contributed by atoms with van der Waals surface area (Å²) >= 11 is 3.14. The zero-order valence-corrected chi connectivity index (χ0v) is 22.0. The predicted molar refractivity (Wildman–Crippen MR) is 135 cm³/mol. The van der Waals surface area contributed by atoms with Gasteiger partial charge in [-0.25, -0.2) is 0 Å². The third kappa shape index (κ3) is 3.30. The molecular weight excluding hydrogens is 550 g/mol. The molecule has 2 amide bonds. The van der Waals surface area contributed by atoms with E-state index in [1.807, 2.05) is 6.07 Å². The zero-order valence-electron chi connectivity index (χ0n) is 17.8. The topological polar surface area (TPSA) is 53.0 Å². The van der Waals surface area contributed by atoms with Crippen LogP contribution >= 0.6 is 11.3 Å². The summed E-state index contributed by atoms with van der Waals surface area (Å²) in [5, 5.41) is 3.85. The van der Waals surface area contributed by atoms with E-state index in [4.69, 9.17) is 0 Å². The Kier molecular flexibility index (Phi) is 5.22. The Morgan fingerprint density at radius 3 is 2.16 bits per heavy atom. The molecule has 5 nitrogen and oxygen atoms in total. The number of para-hydroxylation sites is 2. The van der Waals surface area contributed by atoms with Crippen LogP contribution in [0, 0.1) is 0 Å². The summed E-state index contributed by atoms with van der Waals surface area (Å²) < 4.78 is 0.424. The first-order valence-electron chi connectivity index (χ1n) is 10.2.